The number of nitrogens with two attached hydrogens (primary N) is 2. The van der Waals surface area contributed by atoms with Crippen molar-refractivity contribution in [3.05, 3.63) is 125 Å². The minimum absolute atomic E-state index is 0.141. The molecule has 15 heteroatoms. The van der Waals surface area contributed by atoms with Gasteiger partial charge in [-0.25, -0.2) is 0 Å². The van der Waals surface area contributed by atoms with E-state index in [1.807, 2.05) is 97.1 Å². The minimum Gasteiger partial charge on any atom is -0.452 e. The molecule has 8 N–H and O–H groups in total. The summed E-state index contributed by atoms with van der Waals surface area (Å²) in [6, 6.07) is 31.1. The number of nitrogens with one attached hydrogen (secondary N) is 4. The lowest BCUT2D eigenvalue weighted by molar-refractivity contribution is -0.171. The van der Waals surface area contributed by atoms with Crippen molar-refractivity contribution in [2.24, 2.45) is 11.5 Å². The molecule has 1 aliphatic rings. The van der Waals surface area contributed by atoms with Crippen molar-refractivity contribution < 1.29 is 42.6 Å². The van der Waals surface area contributed by atoms with Crippen LogP contribution in [-0.2, 0) is 53.8 Å². The van der Waals surface area contributed by atoms with Crippen LogP contribution in [0.3, 0.4) is 0 Å². The largest absolute Gasteiger partial charge is 0.452 e. The van der Waals surface area contributed by atoms with Gasteiger partial charge < -0.3 is 69.6 Å². The summed E-state index contributed by atoms with van der Waals surface area (Å²) >= 11 is 0. The van der Waals surface area contributed by atoms with Gasteiger partial charge in [0.05, 0.1) is 0 Å². The van der Waals surface area contributed by atoms with Crippen LogP contribution >= 0.6 is 0 Å². The van der Waals surface area contributed by atoms with Gasteiger partial charge in [0.15, 0.2) is 5.88 Å². The Hall–Kier alpha value is -4.94. The van der Waals surface area contributed by atoms with E-state index in [-0.39, 0.29) is 5.88 Å². The van der Waals surface area contributed by atoms with Crippen molar-refractivity contribution in [3.63, 3.8) is 0 Å². The Bertz CT molecular complexity index is 1950. The second-order valence-corrected chi connectivity index (χ2v) is 14.6. The highest BCUT2D eigenvalue weighted by Crippen LogP contribution is 2.60. The molecular formula is C44H60N6O9. The summed E-state index contributed by atoms with van der Waals surface area (Å²) in [5, 5.41) is 13.2. The fraction of sp³-hybridized carbons (Fsp3) is 0.409. The average Bonchev–Trinajstić information content (AvgIpc) is 3.51. The zero-order valence-corrected chi connectivity index (χ0v) is 36.1. The van der Waals surface area contributed by atoms with Crippen LogP contribution in [-0.4, -0.2) is 80.5 Å². The van der Waals surface area contributed by atoms with E-state index in [1.165, 1.54) is 0 Å². The first-order chi connectivity index (χ1) is 28.0. The Balaban J connectivity index is 1.78. The van der Waals surface area contributed by atoms with E-state index in [0.717, 1.165) is 39.4 Å². The summed E-state index contributed by atoms with van der Waals surface area (Å²) in [6.07, 6.45) is 0. The van der Waals surface area contributed by atoms with Crippen LogP contribution < -0.4 is 32.7 Å². The number of anilines is 4. The SMILES string of the molecule is COC(C)(Nc1ccc(C2=C(N)OC(N)(c3ccc(NC(C)(OC)OC)cc3)C2(c2ccc(NC(C)(OC)OC)cc2)c2ccc(NC(C)(OC)OC)cc2)cc1)OC. The topological polar surface area (TPSA) is 183 Å². The normalized spacial score (nSPS) is 17.1. The minimum atomic E-state index is -1.64. The van der Waals surface area contributed by atoms with Crippen LogP contribution in [0.2, 0.25) is 0 Å². The molecule has 59 heavy (non-hydrogen) atoms. The van der Waals surface area contributed by atoms with E-state index in [0.29, 0.717) is 11.1 Å². The highest BCUT2D eigenvalue weighted by molar-refractivity contribution is 5.86. The lowest BCUT2D eigenvalue weighted by Crippen LogP contribution is -2.55. The predicted octanol–water partition coefficient (Wildman–Crippen LogP) is 6.66. The molecule has 0 saturated heterocycles. The van der Waals surface area contributed by atoms with Gasteiger partial charge in [-0.05, 0) is 65.2 Å². The zero-order valence-electron chi connectivity index (χ0n) is 36.1. The van der Waals surface area contributed by atoms with Gasteiger partial charge in [0.1, 0.15) is 5.41 Å². The number of hydrogen-bond acceptors (Lipinski definition) is 15. The summed E-state index contributed by atoms with van der Waals surface area (Å²) in [5.41, 5.74) is 18.5. The van der Waals surface area contributed by atoms with E-state index < -0.39 is 34.8 Å². The summed E-state index contributed by atoms with van der Waals surface area (Å²) in [7, 11) is 12.5. The molecule has 0 fully saturated rings. The molecule has 0 amide bonds. The summed E-state index contributed by atoms with van der Waals surface area (Å²) < 4.78 is 51.5. The highest BCUT2D eigenvalue weighted by Gasteiger charge is 2.63. The van der Waals surface area contributed by atoms with Crippen molar-refractivity contribution in [2.45, 2.75) is 62.5 Å². The first kappa shape index (κ1) is 45.1. The molecule has 1 aliphatic heterocycles. The zero-order chi connectivity index (χ0) is 43.3. The van der Waals surface area contributed by atoms with E-state index in [1.54, 1.807) is 84.6 Å². The van der Waals surface area contributed by atoms with Crippen LogP contribution in [0.15, 0.2) is 103 Å². The summed E-state index contributed by atoms with van der Waals surface area (Å²) in [6.45, 7) is 7.13. The smallest absolute Gasteiger partial charge is 0.245 e. The van der Waals surface area contributed by atoms with Gasteiger partial charge in [-0.15, -0.1) is 0 Å². The van der Waals surface area contributed by atoms with Gasteiger partial charge in [0.25, 0.3) is 0 Å². The van der Waals surface area contributed by atoms with E-state index in [4.69, 9.17) is 54.1 Å². The van der Waals surface area contributed by atoms with Crippen LogP contribution in [0.25, 0.3) is 5.57 Å². The molecule has 0 spiro atoms. The molecule has 0 aromatic heterocycles. The Kier molecular flexibility index (Phi) is 13.6. The fourth-order valence-electron chi connectivity index (χ4n) is 7.11. The Morgan fingerprint density at radius 2 is 0.678 bits per heavy atom. The van der Waals surface area contributed by atoms with Crippen molar-refractivity contribution >= 4 is 28.3 Å². The molecule has 1 atom stereocenters. The number of methoxy groups -OCH3 is 8. The van der Waals surface area contributed by atoms with E-state index in [9.17, 15) is 0 Å². The number of ether oxygens (including phenoxy) is 9. The van der Waals surface area contributed by atoms with Crippen molar-refractivity contribution in [1.29, 1.82) is 0 Å². The van der Waals surface area contributed by atoms with Crippen LogP contribution in [0.5, 0.6) is 0 Å². The molecular weight excluding hydrogens is 757 g/mol. The number of benzene rings is 4. The summed E-state index contributed by atoms with van der Waals surface area (Å²) in [5.74, 6) is -4.16. The average molecular weight is 817 g/mol. The number of rotatable bonds is 20. The maximum atomic E-state index is 7.82. The van der Waals surface area contributed by atoms with Gasteiger partial charge in [-0.3, -0.25) is 5.73 Å². The molecule has 320 valence electrons. The van der Waals surface area contributed by atoms with Gasteiger partial charge in [0.2, 0.25) is 29.4 Å². The molecule has 15 nitrogen and oxygen atoms in total. The van der Waals surface area contributed by atoms with Gasteiger partial charge in [-0.2, -0.15) is 0 Å². The lowest BCUT2D eigenvalue weighted by atomic mass is 9.60. The second kappa shape index (κ2) is 17.7. The highest BCUT2D eigenvalue weighted by atomic mass is 16.7. The third-order valence-electron chi connectivity index (χ3n) is 11.2. The lowest BCUT2D eigenvalue weighted by Gasteiger charge is -2.45. The Morgan fingerprint density at radius 3 is 0.949 bits per heavy atom. The molecule has 5 rings (SSSR count). The molecule has 0 saturated carbocycles. The van der Waals surface area contributed by atoms with E-state index >= 15 is 0 Å². The van der Waals surface area contributed by atoms with Crippen LogP contribution in [0.4, 0.5) is 22.7 Å². The van der Waals surface area contributed by atoms with E-state index in [2.05, 4.69) is 21.3 Å². The van der Waals surface area contributed by atoms with Crippen LogP contribution in [0, 0.1) is 0 Å². The molecule has 0 radical (unpaired) electrons. The predicted molar refractivity (Wildman–Crippen MR) is 229 cm³/mol. The van der Waals surface area contributed by atoms with Crippen molar-refractivity contribution in [1.82, 2.24) is 0 Å². The fourth-order valence-corrected chi connectivity index (χ4v) is 7.11. The first-order valence-corrected chi connectivity index (χ1v) is 18.9. The van der Waals surface area contributed by atoms with Crippen molar-refractivity contribution in [3.8, 4) is 0 Å². The molecule has 1 unspecified atom stereocenters. The third kappa shape index (κ3) is 8.84. The Labute approximate surface area is 347 Å². The van der Waals surface area contributed by atoms with Gasteiger partial charge >= 0.3 is 0 Å². The molecule has 0 aliphatic carbocycles. The Morgan fingerprint density at radius 1 is 0.424 bits per heavy atom. The van der Waals surface area contributed by atoms with Crippen LogP contribution in [0.1, 0.15) is 49.9 Å². The number of hydrogen-bond donors (Lipinski definition) is 6. The molecule has 4 aromatic rings. The maximum absolute atomic E-state index is 7.82. The van der Waals surface area contributed by atoms with Gasteiger partial charge in [0, 0.05) is 118 Å². The van der Waals surface area contributed by atoms with Gasteiger partial charge in [-0.1, -0.05) is 48.5 Å². The molecule has 1 heterocycles. The maximum Gasteiger partial charge on any atom is 0.245 e. The second-order valence-electron chi connectivity index (χ2n) is 14.6. The molecule has 0 bridgehead atoms. The van der Waals surface area contributed by atoms with Crippen molar-refractivity contribution in [2.75, 3.05) is 78.1 Å². The standard InChI is InChI=1S/C44H60N6O9/c1-39(51-5,52-6)47-33-21-13-29(14-22-33)37-38(45)59-44(46,32-19-27-36(28-20-32)50-42(4,57-11)58-12)43(37,30-15-23-34(24-16-30)48-40(2,53-7)54-8)31-17-25-35(26-18-31)49-41(3,55-9)56-10/h13-28,47-50H,45-46H2,1-12H3. The summed E-state index contributed by atoms with van der Waals surface area (Å²) in [4.78, 5) is 0. The third-order valence-corrected chi connectivity index (χ3v) is 11.2. The molecule has 4 aromatic carbocycles. The monoisotopic (exact) mass is 816 g/mol. The first-order valence-electron chi connectivity index (χ1n) is 18.9. The quantitative estimate of drug-likeness (QED) is 0.0521.